The van der Waals surface area contributed by atoms with Gasteiger partial charge in [0.2, 0.25) is 0 Å². The van der Waals surface area contributed by atoms with E-state index in [1.165, 1.54) is 70.6 Å². The van der Waals surface area contributed by atoms with Gasteiger partial charge in [0.15, 0.2) is 22.6 Å². The van der Waals surface area contributed by atoms with Crippen LogP contribution < -0.4 is 0 Å². The third-order valence-electron chi connectivity index (χ3n) is 15.4. The molecule has 2 aliphatic heterocycles. The highest BCUT2D eigenvalue weighted by molar-refractivity contribution is 6.05. The molecule has 0 radical (unpaired) electrons. The Kier molecular flexibility index (Phi) is 17.9. The number of esters is 2. The van der Waals surface area contributed by atoms with Gasteiger partial charge in [-0.3, -0.25) is 9.59 Å². The van der Waals surface area contributed by atoms with E-state index in [1.54, 1.807) is 37.3 Å². The number of carbonyl (C=O) groups is 3. The quantitative estimate of drug-likeness (QED) is 0.0358. The van der Waals surface area contributed by atoms with Crippen LogP contribution in [0.1, 0.15) is 180 Å². The summed E-state index contributed by atoms with van der Waals surface area (Å²) in [5.74, 6) is -4.36. The van der Waals surface area contributed by atoms with Crippen LogP contribution in [0, 0.1) is 17.8 Å². The third-order valence-corrected chi connectivity index (χ3v) is 15.4. The summed E-state index contributed by atoms with van der Waals surface area (Å²) in [5, 5.41) is 25.6. The molecule has 11 heteroatoms. The van der Waals surface area contributed by atoms with Crippen molar-refractivity contribution in [3.63, 3.8) is 0 Å². The number of ether oxygens (including phenoxy) is 6. The van der Waals surface area contributed by atoms with Crippen molar-refractivity contribution in [3.05, 3.63) is 59.7 Å². The van der Waals surface area contributed by atoms with Gasteiger partial charge in [-0.2, -0.15) is 0 Å². The van der Waals surface area contributed by atoms with Crippen LogP contribution in [0.15, 0.2) is 54.1 Å². The smallest absolute Gasteiger partial charge is 0.338 e. The predicted octanol–water partition coefficient (Wildman–Crippen LogP) is 10.1. The maximum absolute atomic E-state index is 14.4. The molecule has 64 heavy (non-hydrogen) atoms. The second kappa shape index (κ2) is 22.7. The first kappa shape index (κ1) is 50.5. The summed E-state index contributed by atoms with van der Waals surface area (Å²) in [5.41, 5.74) is -5.83. The van der Waals surface area contributed by atoms with Crippen molar-refractivity contribution in [3.8, 4) is 0 Å². The number of rotatable bonds is 28. The molecule has 1 aromatic carbocycles. The Labute approximate surface area is 383 Å². The summed E-state index contributed by atoms with van der Waals surface area (Å²) < 4.78 is 39.5. The first-order valence-electron chi connectivity index (χ1n) is 25.2. The summed E-state index contributed by atoms with van der Waals surface area (Å²) in [6.45, 7) is 13.9. The van der Waals surface area contributed by atoms with E-state index >= 15 is 0 Å². The van der Waals surface area contributed by atoms with Crippen LogP contribution >= 0.6 is 0 Å². The van der Waals surface area contributed by atoms with Gasteiger partial charge in [0.25, 0.3) is 0 Å². The Bertz CT molecular complexity index is 1750. The third kappa shape index (κ3) is 10.0. The maximum Gasteiger partial charge on any atom is 0.338 e. The largest absolute Gasteiger partial charge is 0.462 e. The Morgan fingerprint density at radius 3 is 1.97 bits per heavy atom. The fourth-order valence-electron chi connectivity index (χ4n) is 11.8. The van der Waals surface area contributed by atoms with E-state index in [9.17, 15) is 24.6 Å². The molecule has 1 aromatic rings. The van der Waals surface area contributed by atoms with Crippen molar-refractivity contribution in [2.24, 2.45) is 17.8 Å². The number of carbonyl (C=O) groups excluding carboxylic acids is 3. The summed E-state index contributed by atoms with van der Waals surface area (Å²) in [6.07, 6.45) is 20.0. The van der Waals surface area contributed by atoms with Crippen molar-refractivity contribution >= 4 is 17.7 Å². The molecular formula is C53H80O11. The molecule has 0 aromatic heterocycles. The minimum atomic E-state index is -2.43. The van der Waals surface area contributed by atoms with Gasteiger partial charge in [0.1, 0.15) is 37.8 Å². The fraction of sp³-hybridized carbons (Fsp3) is 0.755. The number of fused-ring (bicyclic) bond motifs is 7. The van der Waals surface area contributed by atoms with Gasteiger partial charge < -0.3 is 38.6 Å². The van der Waals surface area contributed by atoms with E-state index in [0.29, 0.717) is 24.0 Å². The number of Topliss-reactive ketones (excluding diaryl/α,β-unsaturated/α-hetero) is 1. The van der Waals surface area contributed by atoms with Crippen LogP contribution in [0.4, 0.5) is 0 Å². The minimum absolute atomic E-state index is 0.160. The van der Waals surface area contributed by atoms with Crippen molar-refractivity contribution in [1.29, 1.82) is 0 Å². The van der Waals surface area contributed by atoms with Crippen LogP contribution in [-0.2, 0) is 38.0 Å². The fourth-order valence-corrected chi connectivity index (χ4v) is 11.8. The van der Waals surface area contributed by atoms with Crippen molar-refractivity contribution < 1.29 is 53.0 Å². The topological polar surface area (TPSA) is 150 Å². The van der Waals surface area contributed by atoms with Crippen LogP contribution in [0.2, 0.25) is 0 Å². The van der Waals surface area contributed by atoms with Gasteiger partial charge in [-0.25, -0.2) is 4.79 Å². The van der Waals surface area contributed by atoms with Crippen molar-refractivity contribution in [2.75, 3.05) is 20.0 Å². The molecule has 4 fully saturated rings. The van der Waals surface area contributed by atoms with Crippen LogP contribution in [0.3, 0.4) is 0 Å². The zero-order valence-electron chi connectivity index (χ0n) is 39.8. The molecule has 11 atom stereocenters. The summed E-state index contributed by atoms with van der Waals surface area (Å²) in [7, 11) is 0. The second-order valence-corrected chi connectivity index (χ2v) is 19.8. The molecule has 358 valence electrons. The predicted molar refractivity (Wildman–Crippen MR) is 245 cm³/mol. The Morgan fingerprint density at radius 2 is 1.39 bits per heavy atom. The molecule has 0 spiro atoms. The number of aliphatic hydroxyl groups is 2. The number of hydrogen-bond donors (Lipinski definition) is 2. The number of aliphatic hydroxyl groups excluding tert-OH is 1. The van der Waals surface area contributed by atoms with Crippen molar-refractivity contribution in [2.45, 2.75) is 216 Å². The number of hydrogen-bond acceptors (Lipinski definition) is 11. The lowest BCUT2D eigenvalue weighted by Gasteiger charge is -2.60. The lowest BCUT2D eigenvalue weighted by Crippen LogP contribution is -2.76. The molecular weight excluding hydrogens is 813 g/mol. The van der Waals surface area contributed by atoms with E-state index < -0.39 is 82.3 Å². The van der Waals surface area contributed by atoms with Crippen LogP contribution in [0.5, 0.6) is 0 Å². The second-order valence-electron chi connectivity index (χ2n) is 19.8. The lowest BCUT2D eigenvalue weighted by molar-refractivity contribution is -0.274. The highest BCUT2D eigenvalue weighted by Gasteiger charge is 2.86. The molecule has 5 aliphatic rings. The van der Waals surface area contributed by atoms with E-state index in [-0.39, 0.29) is 32.0 Å². The Balaban J connectivity index is 1.24. The van der Waals surface area contributed by atoms with E-state index in [0.717, 1.165) is 44.9 Å². The zero-order chi connectivity index (χ0) is 46.0. The van der Waals surface area contributed by atoms with Crippen LogP contribution in [-0.4, -0.2) is 94.8 Å². The number of benzene rings is 1. The molecule has 3 aliphatic carbocycles. The molecule has 2 heterocycles. The molecule has 6 rings (SSSR count). The molecule has 2 N–H and O–H groups in total. The van der Waals surface area contributed by atoms with Gasteiger partial charge in [0, 0.05) is 30.8 Å². The zero-order valence-corrected chi connectivity index (χ0v) is 39.8. The first-order valence-corrected chi connectivity index (χ1v) is 25.2. The van der Waals surface area contributed by atoms with Gasteiger partial charge in [-0.1, -0.05) is 167 Å². The van der Waals surface area contributed by atoms with Gasteiger partial charge >= 0.3 is 11.9 Å². The Morgan fingerprint density at radius 1 is 0.828 bits per heavy atom. The van der Waals surface area contributed by atoms with Crippen LogP contribution in [0.25, 0.3) is 0 Å². The first-order chi connectivity index (χ1) is 30.9. The van der Waals surface area contributed by atoms with Crippen molar-refractivity contribution in [1.82, 2.24) is 0 Å². The number of unbranched alkanes of at least 4 members (excludes halogenated alkanes) is 18. The van der Waals surface area contributed by atoms with E-state index in [2.05, 4.69) is 20.4 Å². The highest BCUT2D eigenvalue weighted by Crippen LogP contribution is 2.68. The Hall–Kier alpha value is -2.93. The van der Waals surface area contributed by atoms with Gasteiger partial charge in [-0.15, -0.1) is 0 Å². The van der Waals surface area contributed by atoms with Gasteiger partial charge in [0.05, 0.1) is 11.2 Å². The molecule has 0 amide bonds. The van der Waals surface area contributed by atoms with E-state index in [1.807, 2.05) is 19.9 Å². The maximum atomic E-state index is 14.4. The summed E-state index contributed by atoms with van der Waals surface area (Å²) >= 11 is 0. The minimum Gasteiger partial charge on any atom is -0.462 e. The molecule has 0 bridgehead atoms. The monoisotopic (exact) mass is 893 g/mol. The van der Waals surface area contributed by atoms with Gasteiger partial charge in [-0.05, 0) is 50.0 Å². The lowest BCUT2D eigenvalue weighted by atomic mass is 9.53. The SMILES string of the molecule is C=C(C)C12OCOC1C1C3OC3(COC(=O)CCCCCCCCCCCCCCC)C(O)C3(O)C(=O)C(C)=CC3C1(OCCCCCCCCC)C(C)C2OC(=O)c1ccccc1. The molecule has 2 saturated heterocycles. The standard InChI is InChI=1S/C53H80O11/c1-7-9-11-13-15-16-17-18-19-20-21-23-28-32-42(54)59-35-50-46(64-50)43-47-52(37(3)4,62-36-60-47)45(63-48(56)40-30-26-25-27-31-40)39(6)53(43,61-33-29-24-22-14-12-10-8-2)41-34-38(5)44(55)51(41,58)49(50)57/h25-27,30-31,34,39,41,43,45-47,49,57-58H,3,7-24,28-29,32-33,35-36H2,1-2,4-6H3. The average molecular weight is 893 g/mol. The average Bonchev–Trinajstić information content (AvgIpc) is 3.76. The molecule has 2 saturated carbocycles. The summed E-state index contributed by atoms with van der Waals surface area (Å²) in [4.78, 5) is 41.9. The molecule has 11 unspecified atom stereocenters. The van der Waals surface area contributed by atoms with E-state index in [4.69, 9.17) is 28.4 Å². The summed E-state index contributed by atoms with van der Waals surface area (Å²) in [6, 6.07) is 8.70. The number of ketones is 1. The normalized spacial score (nSPS) is 33.6. The highest BCUT2D eigenvalue weighted by atomic mass is 16.7. The molecule has 11 nitrogen and oxygen atoms in total. The number of epoxide rings is 1.